The summed E-state index contributed by atoms with van der Waals surface area (Å²) in [7, 11) is 1.27. The minimum Gasteiger partial charge on any atom is -0.365 e. The molecule has 16 heavy (non-hydrogen) atoms. The van der Waals surface area contributed by atoms with Gasteiger partial charge in [-0.25, -0.2) is 0 Å². The van der Waals surface area contributed by atoms with E-state index in [9.17, 15) is 18.0 Å². The quantitative estimate of drug-likeness (QED) is 0.769. The molecule has 0 spiro atoms. The first-order valence-electron chi connectivity index (χ1n) is 4.36. The van der Waals surface area contributed by atoms with Crippen LogP contribution in [0.3, 0.4) is 0 Å². The molecular weight excluding hydrogens is 243 g/mol. The van der Waals surface area contributed by atoms with Crippen molar-refractivity contribution in [3.05, 3.63) is 28.8 Å². The number of carbonyl (C=O) groups excluding carboxylic acids is 1. The maximum absolute atomic E-state index is 12.2. The molecular formula is C10H9ClF3NO. The first kappa shape index (κ1) is 12.8. The third-order valence-electron chi connectivity index (χ3n) is 1.94. The lowest BCUT2D eigenvalue weighted by Crippen LogP contribution is -2.31. The van der Waals surface area contributed by atoms with Gasteiger partial charge in [-0.3, -0.25) is 4.79 Å². The first-order valence-corrected chi connectivity index (χ1v) is 4.74. The maximum atomic E-state index is 12.2. The van der Waals surface area contributed by atoms with E-state index in [2.05, 4.69) is 0 Å². The van der Waals surface area contributed by atoms with E-state index in [0.717, 1.165) is 4.90 Å². The monoisotopic (exact) mass is 251 g/mol. The summed E-state index contributed by atoms with van der Waals surface area (Å²) in [5, 5.41) is 0.311. The van der Waals surface area contributed by atoms with Crippen molar-refractivity contribution in [2.75, 3.05) is 18.5 Å². The van der Waals surface area contributed by atoms with Gasteiger partial charge in [-0.2, -0.15) is 13.2 Å². The molecule has 1 aromatic rings. The zero-order valence-corrected chi connectivity index (χ0v) is 9.14. The smallest absolute Gasteiger partial charge is 0.365 e. The van der Waals surface area contributed by atoms with Crippen molar-refractivity contribution in [2.45, 2.75) is 6.18 Å². The largest absolute Gasteiger partial charge is 0.405 e. The molecule has 0 amide bonds. The van der Waals surface area contributed by atoms with E-state index in [-0.39, 0.29) is 11.3 Å². The molecule has 0 aromatic heterocycles. The number of alkyl halides is 3. The molecule has 0 aliphatic rings. The zero-order chi connectivity index (χ0) is 12.3. The van der Waals surface area contributed by atoms with Gasteiger partial charge >= 0.3 is 6.18 Å². The molecule has 6 heteroatoms. The van der Waals surface area contributed by atoms with Crippen LogP contribution in [0.25, 0.3) is 0 Å². The van der Waals surface area contributed by atoms with Crippen molar-refractivity contribution in [1.29, 1.82) is 0 Å². The average Bonchev–Trinajstić information content (AvgIpc) is 2.14. The highest BCUT2D eigenvalue weighted by Crippen LogP contribution is 2.25. The molecule has 0 saturated carbocycles. The lowest BCUT2D eigenvalue weighted by Gasteiger charge is -2.22. The van der Waals surface area contributed by atoms with E-state index < -0.39 is 12.7 Å². The molecule has 0 aliphatic heterocycles. The van der Waals surface area contributed by atoms with Crippen LogP contribution < -0.4 is 4.90 Å². The lowest BCUT2D eigenvalue weighted by atomic mass is 10.2. The second-order valence-corrected chi connectivity index (χ2v) is 3.73. The topological polar surface area (TPSA) is 20.3 Å². The van der Waals surface area contributed by atoms with Crippen molar-refractivity contribution in [3.8, 4) is 0 Å². The Bertz CT molecular complexity index is 392. The lowest BCUT2D eigenvalue weighted by molar-refractivity contribution is -0.119. The van der Waals surface area contributed by atoms with Crippen molar-refractivity contribution < 1.29 is 18.0 Å². The third-order valence-corrected chi connectivity index (χ3v) is 2.18. The van der Waals surface area contributed by atoms with Gasteiger partial charge in [-0.15, -0.1) is 0 Å². The molecule has 0 unspecified atom stereocenters. The van der Waals surface area contributed by atoms with Crippen LogP contribution in [0.2, 0.25) is 5.02 Å². The fraction of sp³-hybridized carbons (Fsp3) is 0.300. The minimum absolute atomic E-state index is 0.138. The van der Waals surface area contributed by atoms with Crippen LogP contribution in [0.5, 0.6) is 0 Å². The van der Waals surface area contributed by atoms with Gasteiger partial charge in [0, 0.05) is 23.3 Å². The van der Waals surface area contributed by atoms with Gasteiger partial charge in [0.1, 0.15) is 6.54 Å². The van der Waals surface area contributed by atoms with Crippen molar-refractivity contribution in [1.82, 2.24) is 0 Å². The molecule has 0 aliphatic carbocycles. The fourth-order valence-electron chi connectivity index (χ4n) is 1.32. The highest BCUT2D eigenvalue weighted by atomic mass is 35.5. The molecule has 0 N–H and O–H groups in total. The van der Waals surface area contributed by atoms with Gasteiger partial charge in [0.2, 0.25) is 0 Å². The highest BCUT2D eigenvalue weighted by molar-refractivity contribution is 6.31. The number of aldehydes is 1. The number of anilines is 1. The predicted octanol–water partition coefficient (Wildman–Crippen LogP) is 3.15. The number of nitrogens with zero attached hydrogens (tertiary/aromatic N) is 1. The Balaban J connectivity index is 2.99. The Labute approximate surface area is 95.6 Å². The summed E-state index contributed by atoms with van der Waals surface area (Å²) in [6, 6.07) is 4.16. The Kier molecular flexibility index (Phi) is 3.80. The fourth-order valence-corrected chi connectivity index (χ4v) is 1.50. The Morgan fingerprint density at radius 2 is 2.06 bits per heavy atom. The van der Waals surface area contributed by atoms with E-state index in [4.69, 9.17) is 11.6 Å². The zero-order valence-electron chi connectivity index (χ0n) is 8.38. The van der Waals surface area contributed by atoms with E-state index in [1.807, 2.05) is 0 Å². The Morgan fingerprint density at radius 3 is 2.56 bits per heavy atom. The standard InChI is InChI=1S/C10H9ClF3NO/c1-15(6-10(12,13)14)9-3-2-8(11)4-7(9)5-16/h2-5H,6H2,1H3. The molecule has 1 aromatic carbocycles. The van der Waals surface area contributed by atoms with Crippen LogP contribution in [-0.4, -0.2) is 26.1 Å². The van der Waals surface area contributed by atoms with Crippen LogP contribution in [0.1, 0.15) is 10.4 Å². The van der Waals surface area contributed by atoms with E-state index >= 15 is 0 Å². The number of benzene rings is 1. The predicted molar refractivity (Wildman–Crippen MR) is 56.2 cm³/mol. The molecule has 2 nitrogen and oxygen atoms in total. The minimum atomic E-state index is -4.31. The summed E-state index contributed by atoms with van der Waals surface area (Å²) in [6.45, 7) is -1.12. The van der Waals surface area contributed by atoms with Gasteiger partial charge in [0.25, 0.3) is 0 Å². The van der Waals surface area contributed by atoms with E-state index in [0.29, 0.717) is 11.3 Å². The molecule has 0 fully saturated rings. The summed E-state index contributed by atoms with van der Waals surface area (Å²) in [4.78, 5) is 11.6. The summed E-state index contributed by atoms with van der Waals surface area (Å²) in [6.07, 6.45) is -3.83. The van der Waals surface area contributed by atoms with Crippen LogP contribution in [0.4, 0.5) is 18.9 Å². The molecule has 0 bridgehead atoms. The first-order chi connectivity index (χ1) is 7.33. The molecule has 0 heterocycles. The number of halogens is 4. The van der Waals surface area contributed by atoms with Crippen LogP contribution in [0, 0.1) is 0 Å². The van der Waals surface area contributed by atoms with E-state index in [1.54, 1.807) is 0 Å². The van der Waals surface area contributed by atoms with Gasteiger partial charge in [0.05, 0.1) is 0 Å². The SMILES string of the molecule is CN(CC(F)(F)F)c1ccc(Cl)cc1C=O. The molecule has 0 radical (unpaired) electrons. The van der Waals surface area contributed by atoms with Crippen molar-refractivity contribution >= 4 is 23.6 Å². The number of rotatable bonds is 3. The number of hydrogen-bond donors (Lipinski definition) is 0. The van der Waals surface area contributed by atoms with Crippen LogP contribution in [0.15, 0.2) is 18.2 Å². The van der Waals surface area contributed by atoms with Crippen LogP contribution >= 0.6 is 11.6 Å². The normalized spacial score (nSPS) is 11.3. The molecule has 0 atom stereocenters. The molecule has 1 rings (SSSR count). The Hall–Kier alpha value is -1.23. The van der Waals surface area contributed by atoms with E-state index in [1.165, 1.54) is 25.2 Å². The summed E-state index contributed by atoms with van der Waals surface area (Å²) in [5.74, 6) is 0. The number of carbonyl (C=O) groups is 1. The summed E-state index contributed by atoms with van der Waals surface area (Å²) in [5.41, 5.74) is 0.343. The maximum Gasteiger partial charge on any atom is 0.405 e. The summed E-state index contributed by atoms with van der Waals surface area (Å²) >= 11 is 5.63. The number of hydrogen-bond acceptors (Lipinski definition) is 2. The highest BCUT2D eigenvalue weighted by Gasteiger charge is 2.30. The van der Waals surface area contributed by atoms with Gasteiger partial charge < -0.3 is 4.90 Å². The van der Waals surface area contributed by atoms with Crippen LogP contribution in [-0.2, 0) is 0 Å². The second kappa shape index (κ2) is 4.74. The molecule has 88 valence electrons. The van der Waals surface area contributed by atoms with Gasteiger partial charge in [-0.05, 0) is 18.2 Å². The average molecular weight is 252 g/mol. The Morgan fingerprint density at radius 1 is 1.44 bits per heavy atom. The van der Waals surface area contributed by atoms with Crippen molar-refractivity contribution in [3.63, 3.8) is 0 Å². The van der Waals surface area contributed by atoms with Crippen molar-refractivity contribution in [2.24, 2.45) is 0 Å². The molecule has 0 saturated heterocycles. The summed E-state index contributed by atoms with van der Waals surface area (Å²) < 4.78 is 36.5. The van der Waals surface area contributed by atoms with Gasteiger partial charge in [0.15, 0.2) is 6.29 Å². The second-order valence-electron chi connectivity index (χ2n) is 3.29. The third kappa shape index (κ3) is 3.41. The van der Waals surface area contributed by atoms with Gasteiger partial charge in [-0.1, -0.05) is 11.6 Å².